The van der Waals surface area contributed by atoms with Gasteiger partial charge >= 0.3 is 0 Å². The first kappa shape index (κ1) is 15.6. The minimum Gasteiger partial charge on any atom is -0.368 e. The summed E-state index contributed by atoms with van der Waals surface area (Å²) in [5.74, 6) is -0.00828. The summed E-state index contributed by atoms with van der Waals surface area (Å²) in [4.78, 5) is 12.0. The third-order valence-electron chi connectivity index (χ3n) is 3.99. The molecule has 1 heterocycles. The molecule has 0 saturated carbocycles. The molecular formula is C16H19F2N5. The van der Waals surface area contributed by atoms with Crippen LogP contribution in [0, 0.1) is 12.7 Å². The standard InChI is InChI=1S/C16H19F2N5/c1-8-6-10-9(7-11(8)17)4-5-12(10)20-15-22-13(16(2,3)18)21-14(19)23-15/h6-7,12H,4-5H2,1-3H3,(H3,19,20,21,22,23). The number of fused-ring (bicyclic) bond motifs is 1. The molecule has 2 aromatic rings. The van der Waals surface area contributed by atoms with E-state index in [1.807, 2.05) is 6.07 Å². The Kier molecular flexibility index (Phi) is 3.66. The number of hydrogen-bond acceptors (Lipinski definition) is 5. The van der Waals surface area contributed by atoms with Crippen molar-refractivity contribution in [3.63, 3.8) is 0 Å². The molecule has 0 fully saturated rings. The van der Waals surface area contributed by atoms with Crippen LogP contribution in [-0.2, 0) is 12.1 Å². The molecule has 1 aromatic heterocycles. The van der Waals surface area contributed by atoms with Crippen LogP contribution >= 0.6 is 0 Å². The number of anilines is 2. The molecule has 0 saturated heterocycles. The number of alkyl halides is 1. The maximum absolute atomic E-state index is 14.1. The van der Waals surface area contributed by atoms with Gasteiger partial charge in [0.15, 0.2) is 11.5 Å². The predicted molar refractivity (Wildman–Crippen MR) is 84.2 cm³/mol. The van der Waals surface area contributed by atoms with Crippen LogP contribution in [0.5, 0.6) is 0 Å². The number of nitrogens with two attached hydrogens (primary N) is 1. The van der Waals surface area contributed by atoms with Gasteiger partial charge in [-0.05, 0) is 56.4 Å². The van der Waals surface area contributed by atoms with Crippen molar-refractivity contribution in [1.82, 2.24) is 15.0 Å². The topological polar surface area (TPSA) is 76.7 Å². The van der Waals surface area contributed by atoms with Crippen molar-refractivity contribution in [2.24, 2.45) is 0 Å². The van der Waals surface area contributed by atoms with Crippen molar-refractivity contribution in [2.45, 2.75) is 45.3 Å². The Bertz CT molecular complexity index is 755. The molecule has 0 bridgehead atoms. The van der Waals surface area contributed by atoms with Crippen molar-refractivity contribution < 1.29 is 8.78 Å². The fraction of sp³-hybridized carbons (Fsp3) is 0.438. The van der Waals surface area contributed by atoms with Crippen molar-refractivity contribution in [2.75, 3.05) is 11.1 Å². The minimum absolute atomic E-state index is 0.0130. The van der Waals surface area contributed by atoms with Gasteiger partial charge in [-0.25, -0.2) is 8.78 Å². The van der Waals surface area contributed by atoms with E-state index in [0.717, 1.165) is 24.0 Å². The lowest BCUT2D eigenvalue weighted by molar-refractivity contribution is 0.206. The fourth-order valence-corrected chi connectivity index (χ4v) is 2.77. The Morgan fingerprint density at radius 1 is 1.26 bits per heavy atom. The van der Waals surface area contributed by atoms with Gasteiger partial charge in [0.25, 0.3) is 0 Å². The lowest BCUT2D eigenvalue weighted by Crippen LogP contribution is -2.19. The van der Waals surface area contributed by atoms with E-state index in [9.17, 15) is 8.78 Å². The first-order valence-corrected chi connectivity index (χ1v) is 7.50. The molecule has 7 heteroatoms. The summed E-state index contributed by atoms with van der Waals surface area (Å²) in [6.45, 7) is 4.46. The van der Waals surface area contributed by atoms with Crippen molar-refractivity contribution in [1.29, 1.82) is 0 Å². The number of aromatic nitrogens is 3. The Balaban J connectivity index is 1.91. The Morgan fingerprint density at radius 3 is 2.70 bits per heavy atom. The summed E-state index contributed by atoms with van der Waals surface area (Å²) in [5, 5.41) is 3.17. The van der Waals surface area contributed by atoms with Gasteiger partial charge in [0.1, 0.15) is 5.82 Å². The van der Waals surface area contributed by atoms with Crippen molar-refractivity contribution in [3.05, 3.63) is 40.5 Å². The second-order valence-electron chi connectivity index (χ2n) is 6.35. The molecule has 1 aliphatic rings. The molecule has 0 radical (unpaired) electrons. The van der Waals surface area contributed by atoms with Crippen LogP contribution in [0.4, 0.5) is 20.7 Å². The number of rotatable bonds is 3. The summed E-state index contributed by atoms with van der Waals surface area (Å²) >= 11 is 0. The van der Waals surface area contributed by atoms with Gasteiger partial charge in [-0.3, -0.25) is 0 Å². The quantitative estimate of drug-likeness (QED) is 0.908. The van der Waals surface area contributed by atoms with Gasteiger partial charge in [0.2, 0.25) is 11.9 Å². The van der Waals surface area contributed by atoms with Crippen LogP contribution in [0.1, 0.15) is 48.8 Å². The molecule has 0 spiro atoms. The maximum atomic E-state index is 14.1. The maximum Gasteiger partial charge on any atom is 0.228 e. The van der Waals surface area contributed by atoms with Crippen LogP contribution in [0.15, 0.2) is 12.1 Å². The van der Waals surface area contributed by atoms with Crippen molar-refractivity contribution >= 4 is 11.9 Å². The molecule has 1 aromatic carbocycles. The molecule has 5 nitrogen and oxygen atoms in total. The highest BCUT2D eigenvalue weighted by atomic mass is 19.1. The van der Waals surface area contributed by atoms with Gasteiger partial charge in [0, 0.05) is 0 Å². The first-order valence-electron chi connectivity index (χ1n) is 7.50. The molecule has 0 amide bonds. The number of benzene rings is 1. The van der Waals surface area contributed by atoms with E-state index in [0.29, 0.717) is 5.56 Å². The zero-order chi connectivity index (χ0) is 16.8. The number of halogens is 2. The third-order valence-corrected chi connectivity index (χ3v) is 3.99. The minimum atomic E-state index is -1.71. The summed E-state index contributed by atoms with van der Waals surface area (Å²) in [7, 11) is 0. The average Bonchev–Trinajstić information content (AvgIpc) is 2.80. The first-order chi connectivity index (χ1) is 10.7. The molecule has 0 aliphatic heterocycles. The van der Waals surface area contributed by atoms with Crippen LogP contribution in [-0.4, -0.2) is 15.0 Å². The predicted octanol–water partition coefficient (Wildman–Crippen LogP) is 3.21. The number of aryl methyl sites for hydroxylation is 2. The summed E-state index contributed by atoms with van der Waals surface area (Å²) in [6, 6.07) is 3.35. The van der Waals surface area contributed by atoms with Crippen LogP contribution in [0.3, 0.4) is 0 Å². The normalized spacial score (nSPS) is 17.2. The average molecular weight is 319 g/mol. The summed E-state index contributed by atoms with van der Waals surface area (Å²) < 4.78 is 27.7. The zero-order valence-electron chi connectivity index (χ0n) is 13.3. The van der Waals surface area contributed by atoms with Gasteiger partial charge in [0.05, 0.1) is 6.04 Å². The molecule has 3 N–H and O–H groups in total. The van der Waals surface area contributed by atoms with E-state index in [1.165, 1.54) is 13.8 Å². The number of nitrogen functional groups attached to an aromatic ring is 1. The number of nitrogens with one attached hydrogen (secondary N) is 1. The Morgan fingerprint density at radius 2 is 2.00 bits per heavy atom. The Labute approximate surface area is 133 Å². The highest BCUT2D eigenvalue weighted by Crippen LogP contribution is 2.35. The SMILES string of the molecule is Cc1cc2c(cc1F)CCC2Nc1nc(N)nc(C(C)(C)F)n1. The second kappa shape index (κ2) is 5.40. The molecule has 1 unspecified atom stereocenters. The van der Waals surface area contributed by atoms with Gasteiger partial charge in [-0.1, -0.05) is 6.07 Å². The van der Waals surface area contributed by atoms with Crippen molar-refractivity contribution in [3.8, 4) is 0 Å². The zero-order valence-corrected chi connectivity index (χ0v) is 13.3. The lowest BCUT2D eigenvalue weighted by atomic mass is 10.0. The summed E-state index contributed by atoms with van der Waals surface area (Å²) in [6.07, 6.45) is 1.56. The lowest BCUT2D eigenvalue weighted by Gasteiger charge is -2.17. The highest BCUT2D eigenvalue weighted by Gasteiger charge is 2.27. The second-order valence-corrected chi connectivity index (χ2v) is 6.35. The molecule has 1 atom stereocenters. The number of nitrogens with zero attached hydrogens (tertiary/aromatic N) is 3. The van der Waals surface area contributed by atoms with E-state index < -0.39 is 5.67 Å². The third kappa shape index (κ3) is 3.09. The molecular weight excluding hydrogens is 300 g/mol. The number of hydrogen-bond donors (Lipinski definition) is 2. The van der Waals surface area contributed by atoms with E-state index in [-0.39, 0.29) is 29.6 Å². The molecule has 122 valence electrons. The van der Waals surface area contributed by atoms with Gasteiger partial charge in [-0.15, -0.1) is 0 Å². The van der Waals surface area contributed by atoms with Gasteiger partial charge < -0.3 is 11.1 Å². The van der Waals surface area contributed by atoms with E-state index in [1.54, 1.807) is 13.0 Å². The largest absolute Gasteiger partial charge is 0.368 e. The van der Waals surface area contributed by atoms with Crippen LogP contribution in [0.2, 0.25) is 0 Å². The molecule has 1 aliphatic carbocycles. The van der Waals surface area contributed by atoms with Crippen LogP contribution in [0.25, 0.3) is 0 Å². The van der Waals surface area contributed by atoms with E-state index >= 15 is 0 Å². The van der Waals surface area contributed by atoms with Crippen LogP contribution < -0.4 is 11.1 Å². The van der Waals surface area contributed by atoms with Gasteiger partial charge in [-0.2, -0.15) is 15.0 Å². The monoisotopic (exact) mass is 319 g/mol. The smallest absolute Gasteiger partial charge is 0.228 e. The van der Waals surface area contributed by atoms with E-state index in [2.05, 4.69) is 20.3 Å². The highest BCUT2D eigenvalue weighted by molar-refractivity contribution is 5.44. The molecule has 23 heavy (non-hydrogen) atoms. The molecule has 3 rings (SSSR count). The fourth-order valence-electron chi connectivity index (χ4n) is 2.77. The Hall–Kier alpha value is -2.31. The summed E-state index contributed by atoms with van der Waals surface area (Å²) in [5.41, 5.74) is 6.53. The van der Waals surface area contributed by atoms with E-state index in [4.69, 9.17) is 5.73 Å².